The number of hydrogen-bond acceptors (Lipinski definition) is 3. The van der Waals surface area contributed by atoms with Crippen molar-refractivity contribution in [1.29, 1.82) is 0 Å². The molecular weight excluding hydrogens is 244 g/mol. The molecule has 0 bridgehead atoms. The molecule has 0 aliphatic rings. The average molecular weight is 261 g/mol. The fourth-order valence-corrected chi connectivity index (χ4v) is 1.15. The second-order valence-electron chi connectivity index (χ2n) is 4.12. The predicted octanol–water partition coefficient (Wildman–Crippen LogP) is 2.26. The number of carbonyl (C=O) groups is 1. The molecule has 0 aromatic heterocycles. The predicted molar refractivity (Wildman–Crippen MR) is 63.6 cm³/mol. The van der Waals surface area contributed by atoms with E-state index in [0.29, 0.717) is 4.48 Å². The van der Waals surface area contributed by atoms with Crippen molar-refractivity contribution < 1.29 is 4.79 Å². The highest BCUT2D eigenvalue weighted by Crippen LogP contribution is 2.22. The zero-order valence-corrected chi connectivity index (χ0v) is 10.9. The van der Waals surface area contributed by atoms with Crippen molar-refractivity contribution >= 4 is 27.4 Å². The van der Waals surface area contributed by atoms with E-state index in [4.69, 9.17) is 5.73 Å². The first-order valence-electron chi connectivity index (χ1n) is 4.35. The van der Waals surface area contributed by atoms with Crippen LogP contribution < -0.4 is 5.73 Å². The molecule has 2 N–H and O–H groups in total. The quantitative estimate of drug-likeness (QED) is 0.612. The summed E-state index contributed by atoms with van der Waals surface area (Å²) in [6.07, 6.45) is 0. The zero-order chi connectivity index (χ0) is 11.5. The molecule has 0 saturated carbocycles. The number of halogens is 1. The number of nitrogens with two attached hydrogens (primary N) is 1. The molecular formula is C10H17BrN2O. The van der Waals surface area contributed by atoms with Crippen LogP contribution in [0.15, 0.2) is 15.2 Å². The second-order valence-corrected chi connectivity index (χ2v) is 4.91. The first-order chi connectivity index (χ1) is 6.21. The van der Waals surface area contributed by atoms with Crippen molar-refractivity contribution in [3.63, 3.8) is 0 Å². The molecule has 0 aromatic rings. The van der Waals surface area contributed by atoms with Crippen molar-refractivity contribution in [3.05, 3.63) is 10.2 Å². The summed E-state index contributed by atoms with van der Waals surface area (Å²) in [6.45, 7) is 7.30. The standard InChI is InChI=1S/C10H17BrN2O/c1-6(13-5)7(11)8(12)9(14)10(2,3)4/h12H2,1-5H3/b8-7+,13-6?. The molecule has 0 saturated heterocycles. The van der Waals surface area contributed by atoms with Gasteiger partial charge in [0, 0.05) is 18.2 Å². The Balaban J connectivity index is 5.13. The maximum absolute atomic E-state index is 11.8. The van der Waals surface area contributed by atoms with E-state index in [2.05, 4.69) is 20.9 Å². The van der Waals surface area contributed by atoms with Gasteiger partial charge in [0.1, 0.15) is 0 Å². The minimum absolute atomic E-state index is 0.0765. The van der Waals surface area contributed by atoms with Gasteiger partial charge in [0.05, 0.1) is 10.2 Å². The molecule has 0 aliphatic carbocycles. The van der Waals surface area contributed by atoms with Gasteiger partial charge < -0.3 is 5.73 Å². The molecule has 0 aliphatic heterocycles. The molecule has 14 heavy (non-hydrogen) atoms. The number of allylic oxidation sites excluding steroid dienone is 2. The first-order valence-corrected chi connectivity index (χ1v) is 5.15. The minimum atomic E-state index is -0.461. The number of rotatable bonds is 2. The summed E-state index contributed by atoms with van der Waals surface area (Å²) in [5.41, 5.74) is 6.22. The first kappa shape index (κ1) is 13.4. The Hall–Kier alpha value is -0.640. The Kier molecular flexibility index (Phi) is 4.52. The molecule has 4 heteroatoms. The zero-order valence-electron chi connectivity index (χ0n) is 9.31. The van der Waals surface area contributed by atoms with Gasteiger partial charge in [0.2, 0.25) is 0 Å². The molecule has 80 valence electrons. The summed E-state index contributed by atoms with van der Waals surface area (Å²) in [4.78, 5) is 15.7. The van der Waals surface area contributed by atoms with Gasteiger partial charge >= 0.3 is 0 Å². The summed E-state index contributed by atoms with van der Waals surface area (Å²) in [7, 11) is 1.66. The molecule has 0 fully saturated rings. The third kappa shape index (κ3) is 3.25. The van der Waals surface area contributed by atoms with Crippen LogP contribution in [0.2, 0.25) is 0 Å². The van der Waals surface area contributed by atoms with Crippen LogP contribution in [-0.4, -0.2) is 18.5 Å². The van der Waals surface area contributed by atoms with Gasteiger partial charge in [-0.25, -0.2) is 0 Å². The van der Waals surface area contributed by atoms with Crippen LogP contribution in [0.25, 0.3) is 0 Å². The van der Waals surface area contributed by atoms with Gasteiger partial charge in [-0.15, -0.1) is 0 Å². The lowest BCUT2D eigenvalue weighted by Gasteiger charge is -2.17. The highest BCUT2D eigenvalue weighted by Gasteiger charge is 2.25. The Morgan fingerprint density at radius 3 is 2.07 bits per heavy atom. The normalized spacial score (nSPS) is 15.1. The summed E-state index contributed by atoms with van der Waals surface area (Å²) in [5, 5.41) is 0. The molecule has 0 aromatic carbocycles. The number of ketones is 1. The van der Waals surface area contributed by atoms with Crippen LogP contribution in [-0.2, 0) is 4.79 Å². The van der Waals surface area contributed by atoms with E-state index in [1.165, 1.54) is 0 Å². The number of nitrogens with zero attached hydrogens (tertiary/aromatic N) is 1. The van der Waals surface area contributed by atoms with Crippen LogP contribution in [0.5, 0.6) is 0 Å². The van der Waals surface area contributed by atoms with Gasteiger partial charge in [-0.2, -0.15) is 0 Å². The maximum Gasteiger partial charge on any atom is 0.184 e. The van der Waals surface area contributed by atoms with Crippen molar-refractivity contribution in [2.75, 3.05) is 7.05 Å². The summed E-state index contributed by atoms with van der Waals surface area (Å²) in [6, 6.07) is 0. The fraction of sp³-hybridized carbons (Fsp3) is 0.600. The van der Waals surface area contributed by atoms with E-state index in [-0.39, 0.29) is 11.5 Å². The van der Waals surface area contributed by atoms with E-state index in [1.54, 1.807) is 14.0 Å². The number of aliphatic imine (C=N–C) groups is 1. The highest BCUT2D eigenvalue weighted by molar-refractivity contribution is 9.12. The van der Waals surface area contributed by atoms with E-state index >= 15 is 0 Å². The molecule has 0 unspecified atom stereocenters. The molecule has 0 amide bonds. The Labute approximate surface area is 93.6 Å². The van der Waals surface area contributed by atoms with Crippen LogP contribution in [0.4, 0.5) is 0 Å². The Bertz CT molecular complexity index is 298. The lowest BCUT2D eigenvalue weighted by atomic mass is 9.89. The number of Topliss-reactive ketones (excluding diaryl/α,β-unsaturated/α-hetero) is 1. The lowest BCUT2D eigenvalue weighted by molar-refractivity contribution is -0.122. The third-order valence-electron chi connectivity index (χ3n) is 1.82. The van der Waals surface area contributed by atoms with Crippen molar-refractivity contribution in [2.45, 2.75) is 27.7 Å². The molecule has 0 spiro atoms. The van der Waals surface area contributed by atoms with E-state index < -0.39 is 5.41 Å². The molecule has 0 atom stereocenters. The van der Waals surface area contributed by atoms with Crippen LogP contribution in [0.3, 0.4) is 0 Å². The third-order valence-corrected chi connectivity index (χ3v) is 2.82. The van der Waals surface area contributed by atoms with E-state index in [9.17, 15) is 4.79 Å². The lowest BCUT2D eigenvalue weighted by Crippen LogP contribution is -2.27. The monoisotopic (exact) mass is 260 g/mol. The SMILES string of the molecule is CN=C(C)/C(Br)=C(\N)C(=O)C(C)(C)C. The van der Waals surface area contributed by atoms with Gasteiger partial charge in [-0.05, 0) is 22.9 Å². The number of carbonyl (C=O) groups excluding carboxylic acids is 1. The molecule has 0 heterocycles. The Morgan fingerprint density at radius 1 is 1.36 bits per heavy atom. The fourth-order valence-electron chi connectivity index (χ4n) is 0.797. The smallest absolute Gasteiger partial charge is 0.184 e. The summed E-state index contributed by atoms with van der Waals surface area (Å²) >= 11 is 3.26. The number of hydrogen-bond donors (Lipinski definition) is 1. The highest BCUT2D eigenvalue weighted by atomic mass is 79.9. The van der Waals surface area contributed by atoms with Gasteiger partial charge in [-0.1, -0.05) is 20.8 Å². The largest absolute Gasteiger partial charge is 0.395 e. The average Bonchev–Trinajstić information content (AvgIpc) is 2.11. The molecule has 0 radical (unpaired) electrons. The van der Waals surface area contributed by atoms with Crippen LogP contribution in [0, 0.1) is 5.41 Å². The molecule has 3 nitrogen and oxygen atoms in total. The Morgan fingerprint density at radius 2 is 1.79 bits per heavy atom. The van der Waals surface area contributed by atoms with Crippen molar-refractivity contribution in [2.24, 2.45) is 16.1 Å². The van der Waals surface area contributed by atoms with Crippen LogP contribution >= 0.6 is 15.9 Å². The van der Waals surface area contributed by atoms with Gasteiger partial charge in [0.15, 0.2) is 5.78 Å². The minimum Gasteiger partial charge on any atom is -0.395 e. The maximum atomic E-state index is 11.8. The van der Waals surface area contributed by atoms with E-state index in [1.807, 2.05) is 20.8 Å². The van der Waals surface area contributed by atoms with Crippen LogP contribution in [0.1, 0.15) is 27.7 Å². The topological polar surface area (TPSA) is 55.4 Å². The van der Waals surface area contributed by atoms with Crippen molar-refractivity contribution in [3.8, 4) is 0 Å². The van der Waals surface area contributed by atoms with Crippen molar-refractivity contribution in [1.82, 2.24) is 0 Å². The summed E-state index contributed by atoms with van der Waals surface area (Å²) in [5.74, 6) is -0.0765. The van der Waals surface area contributed by atoms with Gasteiger partial charge in [0.25, 0.3) is 0 Å². The van der Waals surface area contributed by atoms with E-state index in [0.717, 1.165) is 5.71 Å². The second kappa shape index (κ2) is 4.73. The molecule has 0 rings (SSSR count). The van der Waals surface area contributed by atoms with Gasteiger partial charge in [-0.3, -0.25) is 9.79 Å². The summed E-state index contributed by atoms with van der Waals surface area (Å²) < 4.78 is 0.583.